The van der Waals surface area contributed by atoms with Crippen molar-refractivity contribution in [3.8, 4) is 11.5 Å². The molecule has 2 aromatic rings. The largest absolute Gasteiger partial charge is 0.497 e. The number of methoxy groups -OCH3 is 1. The Bertz CT molecular complexity index is 756. The third-order valence-corrected chi connectivity index (χ3v) is 4.25. The van der Waals surface area contributed by atoms with Crippen molar-refractivity contribution >= 4 is 21.9 Å². The van der Waals surface area contributed by atoms with E-state index in [1.807, 2.05) is 12.1 Å². The standard InChI is InChI=1S/C18H21BrO5/c1-10-11(6-15(24-10)17(20)21)9-23-16-13(18(2,3)4)7-12(22-5)8-14(16)19/h6-8H,9H2,1-5H3,(H,20,21). The molecule has 0 aliphatic heterocycles. The average molecular weight is 397 g/mol. The molecule has 2 rings (SSSR count). The van der Waals surface area contributed by atoms with E-state index in [2.05, 4.69) is 36.7 Å². The van der Waals surface area contributed by atoms with Gasteiger partial charge in [-0.2, -0.15) is 0 Å². The van der Waals surface area contributed by atoms with Gasteiger partial charge in [0, 0.05) is 11.1 Å². The van der Waals surface area contributed by atoms with Crippen LogP contribution in [0.1, 0.15) is 48.2 Å². The number of aryl methyl sites for hydroxylation is 1. The van der Waals surface area contributed by atoms with Gasteiger partial charge in [0.1, 0.15) is 23.9 Å². The van der Waals surface area contributed by atoms with Gasteiger partial charge in [0.2, 0.25) is 5.76 Å². The summed E-state index contributed by atoms with van der Waals surface area (Å²) in [5, 5.41) is 9.00. The van der Waals surface area contributed by atoms with Crippen molar-refractivity contribution in [2.75, 3.05) is 7.11 Å². The van der Waals surface area contributed by atoms with Crippen LogP contribution < -0.4 is 9.47 Å². The van der Waals surface area contributed by atoms with Crippen LogP contribution in [0.25, 0.3) is 0 Å². The highest BCUT2D eigenvalue weighted by molar-refractivity contribution is 9.10. The van der Waals surface area contributed by atoms with Gasteiger partial charge < -0.3 is 19.0 Å². The van der Waals surface area contributed by atoms with Crippen LogP contribution in [0.2, 0.25) is 0 Å². The summed E-state index contributed by atoms with van der Waals surface area (Å²) in [6.45, 7) is 8.21. The van der Waals surface area contributed by atoms with Gasteiger partial charge in [-0.1, -0.05) is 20.8 Å². The lowest BCUT2D eigenvalue weighted by Crippen LogP contribution is -2.14. The van der Waals surface area contributed by atoms with Crippen molar-refractivity contribution < 1.29 is 23.8 Å². The van der Waals surface area contributed by atoms with Crippen molar-refractivity contribution in [3.05, 3.63) is 45.3 Å². The van der Waals surface area contributed by atoms with E-state index in [-0.39, 0.29) is 17.8 Å². The summed E-state index contributed by atoms with van der Waals surface area (Å²) in [5.41, 5.74) is 1.55. The fourth-order valence-corrected chi connectivity index (χ4v) is 2.86. The zero-order chi connectivity index (χ0) is 18.1. The van der Waals surface area contributed by atoms with E-state index >= 15 is 0 Å². The molecule has 0 unspecified atom stereocenters. The van der Waals surface area contributed by atoms with Crippen molar-refractivity contribution in [2.45, 2.75) is 39.7 Å². The third kappa shape index (κ3) is 3.93. The lowest BCUT2D eigenvalue weighted by atomic mass is 9.86. The third-order valence-electron chi connectivity index (χ3n) is 3.66. The number of hydrogen-bond donors (Lipinski definition) is 1. The van der Waals surface area contributed by atoms with Gasteiger partial charge in [-0.3, -0.25) is 0 Å². The lowest BCUT2D eigenvalue weighted by molar-refractivity contribution is 0.0661. The molecule has 5 nitrogen and oxygen atoms in total. The molecule has 0 saturated heterocycles. The molecule has 0 fully saturated rings. The summed E-state index contributed by atoms with van der Waals surface area (Å²) in [7, 11) is 1.62. The average Bonchev–Trinajstić information content (AvgIpc) is 2.85. The Labute approximate surface area is 149 Å². The Kier molecular flexibility index (Phi) is 5.28. The van der Waals surface area contributed by atoms with Crippen LogP contribution in [0.3, 0.4) is 0 Å². The maximum absolute atomic E-state index is 11.0. The zero-order valence-electron chi connectivity index (χ0n) is 14.4. The first kappa shape index (κ1) is 18.4. The number of hydrogen-bond acceptors (Lipinski definition) is 4. The van der Waals surface area contributed by atoms with Gasteiger partial charge in [-0.25, -0.2) is 4.79 Å². The number of carboxylic acid groups (broad SMARTS) is 1. The van der Waals surface area contributed by atoms with Crippen molar-refractivity contribution in [2.24, 2.45) is 0 Å². The van der Waals surface area contributed by atoms with Gasteiger partial charge in [0.15, 0.2) is 0 Å². The number of rotatable bonds is 5. The van der Waals surface area contributed by atoms with E-state index in [4.69, 9.17) is 19.0 Å². The van der Waals surface area contributed by atoms with Crippen LogP contribution in [0, 0.1) is 6.92 Å². The zero-order valence-corrected chi connectivity index (χ0v) is 16.0. The first-order chi connectivity index (χ1) is 11.1. The molecule has 0 spiro atoms. The first-order valence-electron chi connectivity index (χ1n) is 7.47. The molecule has 0 radical (unpaired) electrons. The van der Waals surface area contributed by atoms with Gasteiger partial charge in [0.25, 0.3) is 0 Å². The molecule has 1 aromatic carbocycles. The smallest absolute Gasteiger partial charge is 0.371 e. The molecule has 1 aromatic heterocycles. The highest BCUT2D eigenvalue weighted by Gasteiger charge is 2.23. The predicted octanol–water partition coefficient (Wildman–Crippen LogP) is 4.93. The molecule has 0 bridgehead atoms. The van der Waals surface area contributed by atoms with Crippen molar-refractivity contribution in [3.63, 3.8) is 0 Å². The van der Waals surface area contributed by atoms with Crippen LogP contribution in [0.15, 0.2) is 27.1 Å². The Morgan fingerprint density at radius 1 is 1.29 bits per heavy atom. The Morgan fingerprint density at radius 3 is 2.46 bits per heavy atom. The van der Waals surface area contributed by atoms with E-state index in [1.165, 1.54) is 6.07 Å². The summed E-state index contributed by atoms with van der Waals surface area (Å²) < 4.78 is 17.3. The predicted molar refractivity (Wildman–Crippen MR) is 94.1 cm³/mol. The van der Waals surface area contributed by atoms with E-state index in [0.717, 1.165) is 15.8 Å². The highest BCUT2D eigenvalue weighted by atomic mass is 79.9. The fraction of sp³-hybridized carbons (Fsp3) is 0.389. The minimum Gasteiger partial charge on any atom is -0.497 e. The highest BCUT2D eigenvalue weighted by Crippen LogP contribution is 2.40. The molecule has 0 atom stereocenters. The molecule has 130 valence electrons. The van der Waals surface area contributed by atoms with Gasteiger partial charge in [-0.15, -0.1) is 0 Å². The number of benzene rings is 1. The SMILES string of the molecule is COc1cc(Br)c(OCc2cc(C(=O)O)oc2C)c(C(C)(C)C)c1. The normalized spacial score (nSPS) is 11.4. The summed E-state index contributed by atoms with van der Waals surface area (Å²) >= 11 is 3.53. The van der Waals surface area contributed by atoms with Crippen LogP contribution in [-0.4, -0.2) is 18.2 Å². The summed E-state index contributed by atoms with van der Waals surface area (Å²) in [6.07, 6.45) is 0. The first-order valence-corrected chi connectivity index (χ1v) is 8.26. The molecule has 1 heterocycles. The lowest BCUT2D eigenvalue weighted by Gasteiger charge is -2.24. The van der Waals surface area contributed by atoms with E-state index in [1.54, 1.807) is 14.0 Å². The minimum absolute atomic E-state index is 0.0871. The quantitative estimate of drug-likeness (QED) is 0.775. The number of carboxylic acids is 1. The van der Waals surface area contributed by atoms with Crippen LogP contribution in [0.5, 0.6) is 11.5 Å². The van der Waals surface area contributed by atoms with E-state index in [9.17, 15) is 4.79 Å². The number of halogens is 1. The van der Waals surface area contributed by atoms with Crippen molar-refractivity contribution in [1.29, 1.82) is 0 Å². The molecule has 0 saturated carbocycles. The van der Waals surface area contributed by atoms with Crippen LogP contribution in [-0.2, 0) is 12.0 Å². The number of ether oxygens (including phenoxy) is 2. The molecule has 1 N–H and O–H groups in total. The second kappa shape index (κ2) is 6.89. The Morgan fingerprint density at radius 2 is 1.96 bits per heavy atom. The van der Waals surface area contributed by atoms with E-state index in [0.29, 0.717) is 17.1 Å². The number of furan rings is 1. The Balaban J connectivity index is 2.34. The monoisotopic (exact) mass is 396 g/mol. The molecule has 24 heavy (non-hydrogen) atoms. The Hall–Kier alpha value is -1.95. The topological polar surface area (TPSA) is 68.9 Å². The van der Waals surface area contributed by atoms with Gasteiger partial charge in [0.05, 0.1) is 11.6 Å². The summed E-state index contributed by atoms with van der Waals surface area (Å²) in [5.74, 6) is 0.809. The molecule has 6 heteroatoms. The molecular weight excluding hydrogens is 376 g/mol. The van der Waals surface area contributed by atoms with Gasteiger partial charge >= 0.3 is 5.97 Å². The minimum atomic E-state index is -1.09. The van der Waals surface area contributed by atoms with Crippen LogP contribution in [0.4, 0.5) is 0 Å². The van der Waals surface area contributed by atoms with Crippen molar-refractivity contribution in [1.82, 2.24) is 0 Å². The molecule has 0 aliphatic rings. The maximum atomic E-state index is 11.0. The van der Waals surface area contributed by atoms with Gasteiger partial charge in [-0.05, 0) is 46.5 Å². The maximum Gasteiger partial charge on any atom is 0.371 e. The molecular formula is C18H21BrO5. The van der Waals surface area contributed by atoms with E-state index < -0.39 is 5.97 Å². The van der Waals surface area contributed by atoms with Crippen LogP contribution >= 0.6 is 15.9 Å². The summed E-state index contributed by atoms with van der Waals surface area (Å²) in [4.78, 5) is 11.0. The fourth-order valence-electron chi connectivity index (χ4n) is 2.31. The molecule has 0 aliphatic carbocycles. The second-order valence-corrected chi connectivity index (χ2v) is 7.38. The second-order valence-electron chi connectivity index (χ2n) is 6.52. The number of carbonyl (C=O) groups is 1. The number of aromatic carboxylic acids is 1. The molecule has 0 amide bonds. The summed E-state index contributed by atoms with van der Waals surface area (Å²) in [6, 6.07) is 5.28.